The van der Waals surface area contributed by atoms with E-state index in [1.54, 1.807) is 12.1 Å². The zero-order valence-electron chi connectivity index (χ0n) is 13.2. The number of nitrogens with zero attached hydrogens (tertiary/aromatic N) is 6. The second kappa shape index (κ2) is 5.92. The molecule has 7 nitrogen and oxygen atoms in total. The molecule has 126 valence electrons. The Balaban J connectivity index is 2.01. The third-order valence-corrected chi connectivity index (χ3v) is 4.15. The van der Waals surface area contributed by atoms with Gasteiger partial charge in [-0.2, -0.15) is 22.2 Å². The number of rotatable bonds is 3. The third-order valence-electron chi connectivity index (χ3n) is 3.95. The van der Waals surface area contributed by atoms with Gasteiger partial charge in [-0.15, -0.1) is 10.2 Å². The summed E-state index contributed by atoms with van der Waals surface area (Å²) in [6.45, 7) is 2.25. The summed E-state index contributed by atoms with van der Waals surface area (Å²) in [5.74, 6) is 0.194. The Bertz CT molecular complexity index is 1150. The van der Waals surface area contributed by atoms with Crippen LogP contribution in [0, 0.1) is 12.7 Å². The van der Waals surface area contributed by atoms with Gasteiger partial charge >= 0.3 is 0 Å². The molecule has 0 saturated heterocycles. The molecule has 4 rings (SSSR count). The lowest BCUT2D eigenvalue weighted by molar-refractivity contribution is 0.628. The number of fused-ring (bicyclic) bond motifs is 3. The Morgan fingerprint density at radius 1 is 1.16 bits per heavy atom. The minimum absolute atomic E-state index is 0.143. The molecule has 3 aromatic heterocycles. The van der Waals surface area contributed by atoms with Gasteiger partial charge in [-0.3, -0.25) is 9.36 Å². The van der Waals surface area contributed by atoms with E-state index in [1.807, 2.05) is 6.92 Å². The van der Waals surface area contributed by atoms with Crippen molar-refractivity contribution in [2.45, 2.75) is 13.5 Å². The fourth-order valence-corrected chi connectivity index (χ4v) is 3.00. The van der Waals surface area contributed by atoms with Gasteiger partial charge in [-0.05, 0) is 24.6 Å². The van der Waals surface area contributed by atoms with Crippen molar-refractivity contribution in [3.8, 4) is 11.1 Å². The number of hydrogen-bond donors (Lipinski definition) is 1. The molecular weight excluding hydrogens is 343 g/mol. The Kier molecular flexibility index (Phi) is 3.72. The minimum Gasteiger partial charge on any atom is -0.296 e. The first-order valence-electron chi connectivity index (χ1n) is 7.58. The summed E-state index contributed by atoms with van der Waals surface area (Å²) in [7, 11) is 0. The largest absolute Gasteiger partial charge is 0.296 e. The molecule has 9 heteroatoms. The number of benzene rings is 1. The number of hydrogen-bond acceptors (Lipinski definition) is 6. The first-order valence-corrected chi connectivity index (χ1v) is 8.21. The fraction of sp³-hybridized carbons (Fsp3) is 0.188. The molecule has 0 unspecified atom stereocenters. The van der Waals surface area contributed by atoms with Gasteiger partial charge < -0.3 is 0 Å². The molecule has 0 aliphatic rings. The molecule has 0 saturated carbocycles. The van der Waals surface area contributed by atoms with Crippen LogP contribution in [-0.4, -0.2) is 35.1 Å². The summed E-state index contributed by atoms with van der Waals surface area (Å²) in [4.78, 5) is 16.8. The van der Waals surface area contributed by atoms with Crippen LogP contribution >= 0.6 is 12.6 Å². The lowest BCUT2D eigenvalue weighted by Gasteiger charge is -2.04. The molecule has 0 bridgehead atoms. The van der Waals surface area contributed by atoms with E-state index in [4.69, 9.17) is 0 Å². The van der Waals surface area contributed by atoms with Crippen LogP contribution < -0.4 is 5.56 Å². The van der Waals surface area contributed by atoms with Crippen molar-refractivity contribution in [2.24, 2.45) is 0 Å². The van der Waals surface area contributed by atoms with Crippen LogP contribution in [0.5, 0.6) is 0 Å². The van der Waals surface area contributed by atoms with Crippen molar-refractivity contribution in [2.75, 3.05) is 5.75 Å². The smallest absolute Gasteiger partial charge is 0.283 e. The van der Waals surface area contributed by atoms with Crippen molar-refractivity contribution in [3.63, 3.8) is 0 Å². The first-order chi connectivity index (χ1) is 12.1. The van der Waals surface area contributed by atoms with Gasteiger partial charge in [0.2, 0.25) is 0 Å². The SMILES string of the molecule is Cc1nn2c(nnc3c(=O)n(CCS)cnc32)c1-c1ccc(F)cc1. The number of aromatic nitrogens is 6. The van der Waals surface area contributed by atoms with Gasteiger partial charge in [0.05, 0.1) is 11.3 Å². The minimum atomic E-state index is -0.319. The van der Waals surface area contributed by atoms with Crippen molar-refractivity contribution in [1.82, 2.24) is 29.4 Å². The third kappa shape index (κ3) is 2.47. The predicted molar refractivity (Wildman–Crippen MR) is 94.3 cm³/mol. The topological polar surface area (TPSA) is 78.0 Å². The highest BCUT2D eigenvalue weighted by molar-refractivity contribution is 7.80. The van der Waals surface area contributed by atoms with E-state index in [2.05, 4.69) is 32.9 Å². The highest BCUT2D eigenvalue weighted by atomic mass is 32.1. The quantitative estimate of drug-likeness (QED) is 0.567. The van der Waals surface area contributed by atoms with Crippen molar-refractivity contribution >= 4 is 29.4 Å². The summed E-state index contributed by atoms with van der Waals surface area (Å²) in [6, 6.07) is 6.06. The van der Waals surface area contributed by atoms with Gasteiger partial charge in [-0.25, -0.2) is 9.37 Å². The lowest BCUT2D eigenvalue weighted by Crippen LogP contribution is -2.23. The highest BCUT2D eigenvalue weighted by Crippen LogP contribution is 2.27. The van der Waals surface area contributed by atoms with Crippen LogP contribution in [0.1, 0.15) is 5.69 Å². The Morgan fingerprint density at radius 2 is 1.92 bits per heavy atom. The maximum atomic E-state index is 13.2. The first kappa shape index (κ1) is 15.7. The molecule has 25 heavy (non-hydrogen) atoms. The molecule has 1 aromatic carbocycles. The normalized spacial score (nSPS) is 11.5. The van der Waals surface area contributed by atoms with E-state index in [-0.39, 0.29) is 16.9 Å². The Morgan fingerprint density at radius 3 is 2.64 bits per heavy atom. The average molecular weight is 356 g/mol. The van der Waals surface area contributed by atoms with E-state index in [0.29, 0.717) is 29.3 Å². The molecule has 0 radical (unpaired) electrons. The summed E-state index contributed by atoms with van der Waals surface area (Å²) in [6.07, 6.45) is 1.45. The zero-order valence-corrected chi connectivity index (χ0v) is 14.1. The van der Waals surface area contributed by atoms with Gasteiger partial charge in [0.15, 0.2) is 16.8 Å². The molecule has 0 aliphatic carbocycles. The van der Waals surface area contributed by atoms with E-state index in [1.165, 1.54) is 27.5 Å². The highest BCUT2D eigenvalue weighted by Gasteiger charge is 2.18. The predicted octanol–water partition coefficient (Wildman–Crippen LogP) is 1.88. The number of aryl methyl sites for hydroxylation is 2. The molecule has 0 amide bonds. The maximum Gasteiger partial charge on any atom is 0.283 e. The molecular formula is C16H13FN6OS. The summed E-state index contributed by atoms with van der Waals surface area (Å²) in [5, 5.41) is 12.7. The van der Waals surface area contributed by atoms with E-state index >= 15 is 0 Å². The van der Waals surface area contributed by atoms with Crippen LogP contribution in [0.4, 0.5) is 4.39 Å². The molecule has 0 atom stereocenters. The van der Waals surface area contributed by atoms with Crippen LogP contribution in [-0.2, 0) is 6.54 Å². The van der Waals surface area contributed by atoms with Gasteiger partial charge in [0.1, 0.15) is 12.1 Å². The molecule has 0 fully saturated rings. The van der Waals surface area contributed by atoms with E-state index in [0.717, 1.165) is 11.1 Å². The van der Waals surface area contributed by atoms with E-state index < -0.39 is 0 Å². The average Bonchev–Trinajstić information content (AvgIpc) is 2.94. The van der Waals surface area contributed by atoms with Gasteiger partial charge in [-0.1, -0.05) is 12.1 Å². The van der Waals surface area contributed by atoms with Crippen molar-refractivity contribution in [1.29, 1.82) is 0 Å². The summed E-state index contributed by atoms with van der Waals surface area (Å²) < 4.78 is 16.1. The maximum absolute atomic E-state index is 13.2. The molecule has 4 aromatic rings. The second-order valence-corrected chi connectivity index (χ2v) is 5.99. The second-order valence-electron chi connectivity index (χ2n) is 5.54. The molecule has 0 spiro atoms. The van der Waals surface area contributed by atoms with Gasteiger partial charge in [0.25, 0.3) is 5.56 Å². The van der Waals surface area contributed by atoms with Crippen LogP contribution in [0.3, 0.4) is 0 Å². The fourth-order valence-electron chi connectivity index (χ4n) is 2.79. The number of halogens is 1. The zero-order chi connectivity index (χ0) is 17.6. The molecule has 0 N–H and O–H groups in total. The molecule has 0 aliphatic heterocycles. The van der Waals surface area contributed by atoms with Crippen LogP contribution in [0.15, 0.2) is 35.4 Å². The monoisotopic (exact) mass is 356 g/mol. The Labute approximate surface area is 146 Å². The standard InChI is InChI=1S/C16H13FN6OS/c1-9-12(10-2-4-11(17)5-3-10)14-20-19-13-15(23(14)21-9)18-8-22(6-7-25)16(13)24/h2-5,8,25H,6-7H2,1H3. The van der Waals surface area contributed by atoms with Crippen molar-refractivity contribution < 1.29 is 4.39 Å². The number of thiol groups is 1. The summed E-state index contributed by atoms with van der Waals surface area (Å²) >= 11 is 4.13. The molecule has 3 heterocycles. The van der Waals surface area contributed by atoms with Crippen molar-refractivity contribution in [3.05, 3.63) is 52.5 Å². The van der Waals surface area contributed by atoms with Crippen LogP contribution in [0.25, 0.3) is 27.9 Å². The van der Waals surface area contributed by atoms with Crippen LogP contribution in [0.2, 0.25) is 0 Å². The van der Waals surface area contributed by atoms with E-state index in [9.17, 15) is 9.18 Å². The Hall–Kier alpha value is -2.81. The lowest BCUT2D eigenvalue weighted by atomic mass is 10.1. The summed E-state index contributed by atoms with van der Waals surface area (Å²) in [5.41, 5.74) is 2.85. The van der Waals surface area contributed by atoms with Gasteiger partial charge in [0, 0.05) is 12.3 Å².